The summed E-state index contributed by atoms with van der Waals surface area (Å²) in [5, 5.41) is 8.07. The van der Waals surface area contributed by atoms with Crippen LogP contribution in [0.5, 0.6) is 0 Å². The van der Waals surface area contributed by atoms with Gasteiger partial charge < -0.3 is 0 Å². The molecule has 54 valence electrons. The van der Waals surface area contributed by atoms with E-state index >= 15 is 0 Å². The summed E-state index contributed by atoms with van der Waals surface area (Å²) in [6, 6.07) is 2.10. The minimum Gasteiger partial charge on any atom is -0.198 e. The molecule has 9 heavy (non-hydrogen) atoms. The van der Waals surface area contributed by atoms with E-state index < -0.39 is 0 Å². The summed E-state index contributed by atoms with van der Waals surface area (Å²) in [5.41, 5.74) is 0. The van der Waals surface area contributed by atoms with Crippen molar-refractivity contribution in [1.82, 2.24) is 0 Å². The van der Waals surface area contributed by atoms with Crippen LogP contribution in [0.15, 0.2) is 0 Å². The Labute approximate surface area is 58.7 Å². The van der Waals surface area contributed by atoms with Crippen molar-refractivity contribution in [3.05, 3.63) is 0 Å². The molecular weight excluding hydrogens is 110 g/mol. The number of nitriles is 1. The lowest BCUT2D eigenvalue weighted by atomic mass is 10.1. The Morgan fingerprint density at radius 3 is 1.89 bits per heavy atom. The van der Waals surface area contributed by atoms with Gasteiger partial charge in [0.1, 0.15) is 0 Å². The molecule has 0 saturated heterocycles. The molecule has 0 radical (unpaired) electrons. The number of hydrogen-bond donors (Lipinski definition) is 0. The van der Waals surface area contributed by atoms with Gasteiger partial charge >= 0.3 is 0 Å². The van der Waals surface area contributed by atoms with Gasteiger partial charge in [-0.25, -0.2) is 0 Å². The third-order valence-electron chi connectivity index (χ3n) is 0.833. The van der Waals surface area contributed by atoms with E-state index in [2.05, 4.69) is 19.9 Å². The van der Waals surface area contributed by atoms with Crippen LogP contribution < -0.4 is 0 Å². The van der Waals surface area contributed by atoms with Crippen molar-refractivity contribution in [3.8, 4) is 6.07 Å². The zero-order valence-electron chi connectivity index (χ0n) is 6.94. The highest BCUT2D eigenvalue weighted by molar-refractivity contribution is 4.68. The second-order valence-corrected chi connectivity index (χ2v) is 2.09. The molecule has 0 aliphatic rings. The summed E-state index contributed by atoms with van der Waals surface area (Å²) >= 11 is 0. The normalized spacial score (nSPS) is 7.56. The number of hydrogen-bond acceptors (Lipinski definition) is 1. The Hall–Kier alpha value is -0.510. The summed E-state index contributed by atoms with van der Waals surface area (Å²) in [5.74, 6) is 0.680. The molecule has 0 bridgehead atoms. The molecule has 0 spiro atoms. The fraction of sp³-hybridized carbons (Fsp3) is 0.875. The summed E-state index contributed by atoms with van der Waals surface area (Å²) in [6.45, 7) is 8.24. The van der Waals surface area contributed by atoms with Gasteiger partial charge in [-0.3, -0.25) is 0 Å². The highest BCUT2D eigenvalue weighted by Crippen LogP contribution is 2.00. The van der Waals surface area contributed by atoms with Crippen LogP contribution in [0, 0.1) is 17.2 Å². The highest BCUT2D eigenvalue weighted by atomic mass is 14.2. The molecule has 0 aromatic heterocycles. The van der Waals surface area contributed by atoms with Gasteiger partial charge in [0.25, 0.3) is 0 Å². The zero-order chi connectivity index (χ0) is 7.70. The zero-order valence-corrected chi connectivity index (χ0v) is 6.94. The first kappa shape index (κ1) is 11.3. The van der Waals surface area contributed by atoms with E-state index in [1.165, 1.54) is 0 Å². The molecule has 0 aliphatic carbocycles. The van der Waals surface area contributed by atoms with Crippen LogP contribution in [-0.4, -0.2) is 0 Å². The molecule has 1 nitrogen and oxygen atoms in total. The van der Waals surface area contributed by atoms with Gasteiger partial charge in [-0.05, 0) is 12.3 Å². The lowest BCUT2D eigenvalue weighted by Crippen LogP contribution is -1.82. The van der Waals surface area contributed by atoms with Gasteiger partial charge in [-0.1, -0.05) is 27.7 Å². The van der Waals surface area contributed by atoms with Crippen molar-refractivity contribution in [2.24, 2.45) is 5.92 Å². The van der Waals surface area contributed by atoms with Crippen molar-refractivity contribution < 1.29 is 0 Å². The van der Waals surface area contributed by atoms with Crippen LogP contribution in [0.25, 0.3) is 0 Å². The van der Waals surface area contributed by atoms with Crippen LogP contribution in [0.2, 0.25) is 0 Å². The second-order valence-electron chi connectivity index (χ2n) is 2.09. The Kier molecular flexibility index (Phi) is 13.2. The van der Waals surface area contributed by atoms with E-state index in [0.717, 1.165) is 6.42 Å². The van der Waals surface area contributed by atoms with Crippen molar-refractivity contribution in [2.75, 3.05) is 0 Å². The summed E-state index contributed by atoms with van der Waals surface area (Å²) in [6.07, 6.45) is 1.74. The highest BCUT2D eigenvalue weighted by Gasteiger charge is 1.88. The molecule has 0 aromatic carbocycles. The van der Waals surface area contributed by atoms with Crippen molar-refractivity contribution >= 4 is 0 Å². The van der Waals surface area contributed by atoms with E-state index in [9.17, 15) is 0 Å². The third-order valence-corrected chi connectivity index (χ3v) is 0.833. The predicted molar refractivity (Wildman–Crippen MR) is 41.0 cm³/mol. The number of nitrogens with zero attached hydrogens (tertiary/aromatic N) is 1. The minimum absolute atomic E-state index is 0.680. The molecule has 0 N–H and O–H groups in total. The molecule has 0 heterocycles. The maximum atomic E-state index is 8.07. The number of rotatable bonds is 2. The fourth-order valence-corrected chi connectivity index (χ4v) is 0.353. The van der Waals surface area contributed by atoms with Gasteiger partial charge in [0, 0.05) is 6.42 Å². The Morgan fingerprint density at radius 1 is 1.33 bits per heavy atom. The second kappa shape index (κ2) is 10.5. The predicted octanol–water partition coefficient (Wildman–Crippen LogP) is 2.97. The average Bonchev–Trinajstić information content (AvgIpc) is 1.88. The quantitative estimate of drug-likeness (QED) is 0.559. The lowest BCUT2D eigenvalue weighted by Gasteiger charge is -1.94. The SMILES string of the molecule is CC.CC(C)CCC#N. The topological polar surface area (TPSA) is 23.8 Å². The molecule has 0 saturated carbocycles. The molecule has 1 heteroatoms. The monoisotopic (exact) mass is 127 g/mol. The Balaban J connectivity index is 0. The smallest absolute Gasteiger partial charge is 0.0621 e. The van der Waals surface area contributed by atoms with Crippen LogP contribution in [-0.2, 0) is 0 Å². The maximum absolute atomic E-state index is 8.07. The largest absolute Gasteiger partial charge is 0.198 e. The first-order valence-corrected chi connectivity index (χ1v) is 3.64. The summed E-state index contributed by atoms with van der Waals surface area (Å²) in [4.78, 5) is 0. The first-order valence-electron chi connectivity index (χ1n) is 3.64. The van der Waals surface area contributed by atoms with E-state index in [1.807, 2.05) is 13.8 Å². The van der Waals surface area contributed by atoms with E-state index in [-0.39, 0.29) is 0 Å². The molecule has 0 rings (SSSR count). The molecule has 0 aromatic rings. The van der Waals surface area contributed by atoms with Crippen molar-refractivity contribution in [3.63, 3.8) is 0 Å². The Morgan fingerprint density at radius 2 is 1.78 bits per heavy atom. The molecule has 0 fully saturated rings. The van der Waals surface area contributed by atoms with Crippen LogP contribution in [0.4, 0.5) is 0 Å². The van der Waals surface area contributed by atoms with Crippen LogP contribution >= 0.6 is 0 Å². The third kappa shape index (κ3) is 18.5. The van der Waals surface area contributed by atoms with Crippen molar-refractivity contribution in [1.29, 1.82) is 5.26 Å². The van der Waals surface area contributed by atoms with E-state index in [4.69, 9.17) is 5.26 Å². The Bertz CT molecular complexity index is 69.1. The fourth-order valence-electron chi connectivity index (χ4n) is 0.353. The van der Waals surface area contributed by atoms with Gasteiger partial charge in [-0.15, -0.1) is 0 Å². The van der Waals surface area contributed by atoms with E-state index in [0.29, 0.717) is 12.3 Å². The van der Waals surface area contributed by atoms with Gasteiger partial charge in [0.05, 0.1) is 6.07 Å². The molecule has 0 atom stereocenters. The average molecular weight is 127 g/mol. The summed E-state index contributed by atoms with van der Waals surface area (Å²) in [7, 11) is 0. The van der Waals surface area contributed by atoms with Crippen molar-refractivity contribution in [2.45, 2.75) is 40.5 Å². The van der Waals surface area contributed by atoms with Crippen LogP contribution in [0.3, 0.4) is 0 Å². The minimum atomic E-state index is 0.680. The molecule has 0 unspecified atom stereocenters. The first-order chi connectivity index (χ1) is 4.27. The van der Waals surface area contributed by atoms with Gasteiger partial charge in [-0.2, -0.15) is 5.26 Å². The van der Waals surface area contributed by atoms with Crippen LogP contribution in [0.1, 0.15) is 40.5 Å². The molecule has 0 aliphatic heterocycles. The maximum Gasteiger partial charge on any atom is 0.0621 e. The van der Waals surface area contributed by atoms with Gasteiger partial charge in [0.2, 0.25) is 0 Å². The van der Waals surface area contributed by atoms with Gasteiger partial charge in [0.15, 0.2) is 0 Å². The standard InChI is InChI=1S/C6H11N.C2H6/c1-6(2)4-3-5-7;1-2/h6H,3-4H2,1-2H3;1-2H3. The van der Waals surface area contributed by atoms with E-state index in [1.54, 1.807) is 0 Å². The molecular formula is C8H17N. The summed E-state index contributed by atoms with van der Waals surface area (Å²) < 4.78 is 0. The lowest BCUT2D eigenvalue weighted by molar-refractivity contribution is 0.598. The molecule has 0 amide bonds.